The van der Waals surface area contributed by atoms with Crippen LogP contribution in [0.5, 0.6) is 0 Å². The van der Waals surface area contributed by atoms with Crippen LogP contribution in [0.15, 0.2) is 30.3 Å². The van der Waals surface area contributed by atoms with Gasteiger partial charge in [0.1, 0.15) is 0 Å². The van der Waals surface area contributed by atoms with Crippen LogP contribution in [0, 0.1) is 0 Å². The minimum Gasteiger partial charge on any atom is -0.325 e. The first-order chi connectivity index (χ1) is 10.2. The van der Waals surface area contributed by atoms with Crippen LogP contribution in [0.25, 0.3) is 0 Å². The maximum absolute atomic E-state index is 12.2. The summed E-state index contributed by atoms with van der Waals surface area (Å²) in [5.41, 5.74) is 0.855. The zero-order valence-electron chi connectivity index (χ0n) is 13.0. The van der Waals surface area contributed by atoms with Gasteiger partial charge in [0.05, 0.1) is 6.04 Å². The van der Waals surface area contributed by atoms with Crippen molar-refractivity contribution in [2.45, 2.75) is 49.8 Å². The van der Waals surface area contributed by atoms with Crippen LogP contribution in [0.2, 0.25) is 0 Å². The second kappa shape index (κ2) is 7.85. The lowest BCUT2D eigenvalue weighted by Gasteiger charge is -2.36. The molecule has 2 N–H and O–H groups in total. The molecule has 1 saturated carbocycles. The van der Waals surface area contributed by atoms with E-state index in [-0.39, 0.29) is 11.9 Å². The Morgan fingerprint density at radius 1 is 1.24 bits per heavy atom. The molecule has 1 amide bonds. The predicted octanol–water partition coefficient (Wildman–Crippen LogP) is 3.67. The highest BCUT2D eigenvalue weighted by Crippen LogP contribution is 2.38. The second-order valence-electron chi connectivity index (χ2n) is 5.91. The van der Waals surface area contributed by atoms with Crippen molar-refractivity contribution in [3.63, 3.8) is 0 Å². The summed E-state index contributed by atoms with van der Waals surface area (Å²) >= 11 is 1.96. The standard InChI is InChI=1S/C17H26N2OS/c1-14(16(20)19-15-9-5-3-6-10-15)18-13-17(21-2)11-7-4-8-12-17/h3,5-6,9-10,14,18H,4,7-8,11-13H2,1-2H3,(H,19,20). The van der Waals surface area contributed by atoms with Crippen molar-refractivity contribution in [3.05, 3.63) is 30.3 Å². The van der Waals surface area contributed by atoms with Gasteiger partial charge in [0, 0.05) is 17.0 Å². The smallest absolute Gasteiger partial charge is 0.241 e. The van der Waals surface area contributed by atoms with Gasteiger partial charge in [0.2, 0.25) is 5.91 Å². The maximum Gasteiger partial charge on any atom is 0.241 e. The Kier molecular flexibility index (Phi) is 6.12. The summed E-state index contributed by atoms with van der Waals surface area (Å²) in [6.45, 7) is 2.85. The third-order valence-corrected chi connectivity index (χ3v) is 5.78. The van der Waals surface area contributed by atoms with Gasteiger partial charge in [0.15, 0.2) is 0 Å². The van der Waals surface area contributed by atoms with Gasteiger partial charge in [-0.25, -0.2) is 0 Å². The molecule has 2 rings (SSSR count). The van der Waals surface area contributed by atoms with Gasteiger partial charge < -0.3 is 10.6 Å². The van der Waals surface area contributed by atoms with E-state index in [1.54, 1.807) is 0 Å². The first-order valence-corrected chi connectivity index (χ1v) is 9.02. The fourth-order valence-corrected chi connectivity index (χ4v) is 3.78. The number of para-hydroxylation sites is 1. The Morgan fingerprint density at radius 2 is 1.90 bits per heavy atom. The van der Waals surface area contributed by atoms with Crippen LogP contribution in [0.1, 0.15) is 39.0 Å². The van der Waals surface area contributed by atoms with Gasteiger partial charge in [-0.05, 0) is 38.2 Å². The lowest BCUT2D eigenvalue weighted by molar-refractivity contribution is -0.117. The van der Waals surface area contributed by atoms with Crippen molar-refractivity contribution in [2.75, 3.05) is 18.1 Å². The molecule has 3 nitrogen and oxygen atoms in total. The van der Waals surface area contributed by atoms with Gasteiger partial charge in [-0.2, -0.15) is 11.8 Å². The first kappa shape index (κ1) is 16.4. The summed E-state index contributed by atoms with van der Waals surface area (Å²) in [7, 11) is 0. The Bertz CT molecular complexity index is 443. The molecule has 4 heteroatoms. The monoisotopic (exact) mass is 306 g/mol. The average Bonchev–Trinajstić information content (AvgIpc) is 2.54. The third-order valence-electron chi connectivity index (χ3n) is 4.36. The minimum absolute atomic E-state index is 0.0354. The number of hydrogen-bond acceptors (Lipinski definition) is 3. The molecule has 0 aliphatic heterocycles. The van der Waals surface area contributed by atoms with E-state index in [1.165, 1.54) is 32.1 Å². The number of benzene rings is 1. The molecular formula is C17H26N2OS. The molecule has 1 aliphatic rings. The summed E-state index contributed by atoms with van der Waals surface area (Å²) in [5, 5.41) is 6.38. The Balaban J connectivity index is 1.83. The molecule has 0 aromatic heterocycles. The molecule has 0 saturated heterocycles. The molecule has 1 unspecified atom stereocenters. The molecule has 0 bridgehead atoms. The second-order valence-corrected chi connectivity index (χ2v) is 7.18. The molecule has 1 aliphatic carbocycles. The molecule has 0 radical (unpaired) electrons. The minimum atomic E-state index is -0.170. The van der Waals surface area contributed by atoms with Gasteiger partial charge in [-0.1, -0.05) is 37.5 Å². The quantitative estimate of drug-likeness (QED) is 0.842. The van der Waals surface area contributed by atoms with Crippen LogP contribution in [0.4, 0.5) is 5.69 Å². The molecule has 0 spiro atoms. The highest BCUT2D eigenvalue weighted by Gasteiger charge is 2.31. The number of carbonyl (C=O) groups is 1. The van der Waals surface area contributed by atoms with E-state index < -0.39 is 0 Å². The van der Waals surface area contributed by atoms with Crippen molar-refractivity contribution in [3.8, 4) is 0 Å². The third kappa shape index (κ3) is 4.75. The van der Waals surface area contributed by atoms with Crippen LogP contribution >= 0.6 is 11.8 Å². The van der Waals surface area contributed by atoms with E-state index in [2.05, 4.69) is 16.9 Å². The number of rotatable bonds is 6. The zero-order valence-corrected chi connectivity index (χ0v) is 13.8. The summed E-state index contributed by atoms with van der Waals surface area (Å²) in [6.07, 6.45) is 8.69. The Morgan fingerprint density at radius 3 is 2.52 bits per heavy atom. The Hall–Kier alpha value is -1.00. The number of nitrogens with one attached hydrogen (secondary N) is 2. The molecule has 1 aromatic rings. The van der Waals surface area contributed by atoms with E-state index in [4.69, 9.17) is 0 Å². The number of anilines is 1. The van der Waals surface area contributed by atoms with E-state index in [1.807, 2.05) is 49.0 Å². The molecule has 21 heavy (non-hydrogen) atoms. The zero-order chi connectivity index (χ0) is 15.1. The summed E-state index contributed by atoms with van der Waals surface area (Å²) in [6, 6.07) is 9.46. The highest BCUT2D eigenvalue weighted by molar-refractivity contribution is 8.00. The largest absolute Gasteiger partial charge is 0.325 e. The summed E-state index contributed by atoms with van der Waals surface area (Å²) < 4.78 is 0.319. The first-order valence-electron chi connectivity index (χ1n) is 7.80. The molecule has 0 heterocycles. The SMILES string of the molecule is CSC1(CNC(C)C(=O)Nc2ccccc2)CCCCC1. The van der Waals surface area contributed by atoms with Gasteiger partial charge >= 0.3 is 0 Å². The van der Waals surface area contributed by atoms with Gasteiger partial charge in [-0.3, -0.25) is 4.79 Å². The van der Waals surface area contributed by atoms with E-state index >= 15 is 0 Å². The molecule has 1 aromatic carbocycles. The van der Waals surface area contributed by atoms with E-state index in [0.29, 0.717) is 4.75 Å². The average molecular weight is 306 g/mol. The normalized spacial score (nSPS) is 19.0. The topological polar surface area (TPSA) is 41.1 Å². The highest BCUT2D eigenvalue weighted by atomic mass is 32.2. The summed E-state index contributed by atoms with van der Waals surface area (Å²) in [5.74, 6) is 0.0354. The van der Waals surface area contributed by atoms with Crippen molar-refractivity contribution in [1.29, 1.82) is 0 Å². The summed E-state index contributed by atoms with van der Waals surface area (Å²) in [4.78, 5) is 12.2. The van der Waals surface area contributed by atoms with Crippen molar-refractivity contribution in [2.24, 2.45) is 0 Å². The lowest BCUT2D eigenvalue weighted by Crippen LogP contribution is -2.46. The molecular weight excluding hydrogens is 280 g/mol. The van der Waals surface area contributed by atoms with Crippen molar-refractivity contribution >= 4 is 23.4 Å². The fourth-order valence-electron chi connectivity index (χ4n) is 2.85. The van der Waals surface area contributed by atoms with E-state index in [0.717, 1.165) is 12.2 Å². The number of hydrogen-bond donors (Lipinski definition) is 2. The number of carbonyl (C=O) groups excluding carboxylic acids is 1. The van der Waals surface area contributed by atoms with E-state index in [9.17, 15) is 4.79 Å². The van der Waals surface area contributed by atoms with Crippen LogP contribution in [-0.2, 0) is 4.79 Å². The van der Waals surface area contributed by atoms with Gasteiger partial charge in [0.25, 0.3) is 0 Å². The van der Waals surface area contributed by atoms with Gasteiger partial charge in [-0.15, -0.1) is 0 Å². The maximum atomic E-state index is 12.2. The lowest BCUT2D eigenvalue weighted by atomic mass is 9.88. The molecule has 1 atom stereocenters. The number of amides is 1. The van der Waals surface area contributed by atoms with Crippen LogP contribution in [0.3, 0.4) is 0 Å². The fraction of sp³-hybridized carbons (Fsp3) is 0.588. The predicted molar refractivity (Wildman–Crippen MR) is 91.9 cm³/mol. The van der Waals surface area contributed by atoms with Crippen LogP contribution < -0.4 is 10.6 Å². The van der Waals surface area contributed by atoms with Crippen molar-refractivity contribution < 1.29 is 4.79 Å². The Labute approximate surface area is 132 Å². The molecule has 1 fully saturated rings. The molecule has 116 valence electrons. The van der Waals surface area contributed by atoms with Crippen LogP contribution in [-0.4, -0.2) is 29.5 Å². The number of thioether (sulfide) groups is 1. The van der Waals surface area contributed by atoms with Crippen molar-refractivity contribution in [1.82, 2.24) is 5.32 Å².